The van der Waals surface area contributed by atoms with Crippen LogP contribution in [-0.2, 0) is 44.6 Å². The van der Waals surface area contributed by atoms with E-state index in [1.54, 1.807) is 34.9 Å². The average molecular weight is 607 g/mol. The van der Waals surface area contributed by atoms with E-state index >= 15 is 0 Å². The molecule has 0 radical (unpaired) electrons. The number of benzene rings is 2. The Kier molecular flexibility index (Phi) is 11.3. The van der Waals surface area contributed by atoms with Gasteiger partial charge in [-0.25, -0.2) is 0 Å². The van der Waals surface area contributed by atoms with Crippen LogP contribution in [-0.4, -0.2) is 89.1 Å². The van der Waals surface area contributed by atoms with E-state index in [9.17, 15) is 22.8 Å². The molecule has 11 nitrogen and oxygen atoms in total. The average Bonchev–Trinajstić information content (AvgIpc) is 3.28. The summed E-state index contributed by atoms with van der Waals surface area (Å²) in [6.45, 7) is 4.21. The normalized spacial score (nSPS) is 17.1. The van der Waals surface area contributed by atoms with E-state index in [4.69, 9.17) is 18.4 Å². The molecule has 1 N–H and O–H groups in total. The third-order valence-electron chi connectivity index (χ3n) is 6.54. The van der Waals surface area contributed by atoms with E-state index < -0.39 is 22.1 Å². The van der Waals surface area contributed by atoms with Crippen LogP contribution in [0.3, 0.4) is 0 Å². The van der Waals surface area contributed by atoms with E-state index in [1.807, 2.05) is 19.1 Å². The summed E-state index contributed by atoms with van der Waals surface area (Å²) in [5, 5.41) is 2.32. The number of imide groups is 1. The number of thioether (sulfide) groups is 1. The molecule has 2 heterocycles. The minimum absolute atomic E-state index is 0.0786. The number of aryl methyl sites for hydroxylation is 1. The number of hydrogen-bond donors (Lipinski definition) is 1. The van der Waals surface area contributed by atoms with Gasteiger partial charge in [0, 0.05) is 29.2 Å². The zero-order valence-corrected chi connectivity index (χ0v) is 24.5. The van der Waals surface area contributed by atoms with Gasteiger partial charge in [-0.3, -0.25) is 23.9 Å². The first-order chi connectivity index (χ1) is 19.8. The van der Waals surface area contributed by atoms with Gasteiger partial charge < -0.3 is 19.1 Å². The second-order valence-electron chi connectivity index (χ2n) is 9.46. The van der Waals surface area contributed by atoms with E-state index in [1.165, 1.54) is 12.1 Å². The lowest BCUT2D eigenvalue weighted by molar-refractivity contribution is -0.136. The molecule has 0 saturated carbocycles. The Bertz CT molecular complexity index is 1330. The molecular formula is C28H34N2O9S2. The number of carbonyl (C=O) groups excluding carboxylic acids is 3. The van der Waals surface area contributed by atoms with Crippen LogP contribution in [0.5, 0.6) is 0 Å². The van der Waals surface area contributed by atoms with Gasteiger partial charge in [0.25, 0.3) is 16.0 Å². The number of amides is 3. The molecular weight excluding hydrogens is 572 g/mol. The molecule has 41 heavy (non-hydrogen) atoms. The molecule has 2 aliphatic heterocycles. The van der Waals surface area contributed by atoms with Gasteiger partial charge >= 0.3 is 0 Å². The maximum atomic E-state index is 12.9. The van der Waals surface area contributed by atoms with Crippen molar-refractivity contribution in [3.05, 3.63) is 59.2 Å². The molecule has 2 aromatic carbocycles. The number of ether oxygens (including phenoxy) is 3. The van der Waals surface area contributed by atoms with Crippen LogP contribution < -0.4 is 5.32 Å². The SMILES string of the molecule is Cc1ccc(S(=O)(=O)OCCOCCOCCOCCSc2cccc3c2CN(C2CCC(=O)NC2=O)C3=O)cc1. The predicted molar refractivity (Wildman–Crippen MR) is 150 cm³/mol. The molecule has 4 rings (SSSR count). The molecule has 0 aliphatic carbocycles. The summed E-state index contributed by atoms with van der Waals surface area (Å²) >= 11 is 1.58. The number of carbonyl (C=O) groups is 3. The molecule has 13 heteroatoms. The van der Waals surface area contributed by atoms with Crippen molar-refractivity contribution in [1.29, 1.82) is 0 Å². The molecule has 1 fully saturated rings. The maximum absolute atomic E-state index is 12.9. The second kappa shape index (κ2) is 14.9. The fourth-order valence-electron chi connectivity index (χ4n) is 4.42. The Morgan fingerprint density at radius 2 is 1.56 bits per heavy atom. The Labute approximate surface area is 244 Å². The molecule has 2 aliphatic rings. The highest BCUT2D eigenvalue weighted by atomic mass is 32.2. The Morgan fingerprint density at radius 3 is 2.24 bits per heavy atom. The van der Waals surface area contributed by atoms with Crippen LogP contribution in [0.25, 0.3) is 0 Å². The maximum Gasteiger partial charge on any atom is 0.297 e. The van der Waals surface area contributed by atoms with E-state index in [2.05, 4.69) is 5.32 Å². The van der Waals surface area contributed by atoms with Crippen LogP contribution in [0.1, 0.15) is 34.3 Å². The number of nitrogens with one attached hydrogen (secondary N) is 1. The molecule has 0 bridgehead atoms. The van der Waals surface area contributed by atoms with Crippen molar-refractivity contribution in [3.63, 3.8) is 0 Å². The minimum Gasteiger partial charge on any atom is -0.378 e. The molecule has 0 aromatic heterocycles. The minimum atomic E-state index is -3.80. The molecule has 222 valence electrons. The van der Waals surface area contributed by atoms with Crippen molar-refractivity contribution >= 4 is 39.6 Å². The van der Waals surface area contributed by atoms with Crippen molar-refractivity contribution in [1.82, 2.24) is 10.2 Å². The molecule has 3 amide bonds. The summed E-state index contributed by atoms with van der Waals surface area (Å²) in [4.78, 5) is 39.3. The standard InChI is InChI=1S/C28H34N2O9S2/c1-20-5-7-21(8-6-20)41(34,35)39-16-15-37-12-11-36-13-14-38-17-18-40-25-4-2-3-22-23(25)19-30(28(22)33)24-9-10-26(31)29-27(24)32/h2-8,24H,9-19H2,1H3,(H,29,31,32). The van der Waals surface area contributed by atoms with Crippen molar-refractivity contribution in [2.45, 2.75) is 42.1 Å². The zero-order chi connectivity index (χ0) is 29.2. The van der Waals surface area contributed by atoms with Gasteiger partial charge in [-0.1, -0.05) is 23.8 Å². The van der Waals surface area contributed by atoms with E-state index in [0.717, 1.165) is 16.0 Å². The number of fused-ring (bicyclic) bond motifs is 1. The Morgan fingerprint density at radius 1 is 0.902 bits per heavy atom. The van der Waals surface area contributed by atoms with Crippen LogP contribution >= 0.6 is 11.8 Å². The summed E-state index contributed by atoms with van der Waals surface area (Å²) in [7, 11) is -3.80. The van der Waals surface area contributed by atoms with Crippen LogP contribution in [0, 0.1) is 6.92 Å². The number of hydrogen-bond acceptors (Lipinski definition) is 10. The lowest BCUT2D eigenvalue weighted by Gasteiger charge is -2.29. The fourth-order valence-corrected chi connectivity index (χ4v) is 6.26. The van der Waals surface area contributed by atoms with Gasteiger partial charge in [0.1, 0.15) is 6.04 Å². The highest BCUT2D eigenvalue weighted by Crippen LogP contribution is 2.34. The topological polar surface area (TPSA) is 138 Å². The van der Waals surface area contributed by atoms with Crippen molar-refractivity contribution < 1.29 is 41.2 Å². The smallest absolute Gasteiger partial charge is 0.297 e. The summed E-state index contributed by atoms with van der Waals surface area (Å²) in [5.41, 5.74) is 2.45. The summed E-state index contributed by atoms with van der Waals surface area (Å²) in [6, 6.07) is 11.4. The summed E-state index contributed by atoms with van der Waals surface area (Å²) < 4.78 is 45.6. The zero-order valence-electron chi connectivity index (χ0n) is 22.8. The van der Waals surface area contributed by atoms with Crippen LogP contribution in [0.4, 0.5) is 0 Å². The van der Waals surface area contributed by atoms with Gasteiger partial charge in [0.2, 0.25) is 11.8 Å². The Hall–Kier alpha value is -2.81. The highest BCUT2D eigenvalue weighted by Gasteiger charge is 2.39. The third kappa shape index (κ3) is 8.60. The van der Waals surface area contributed by atoms with Crippen molar-refractivity contribution in [2.75, 3.05) is 52.0 Å². The first kappa shape index (κ1) is 31.1. The number of piperidine rings is 1. The summed E-state index contributed by atoms with van der Waals surface area (Å²) in [5.74, 6) is -0.232. The van der Waals surface area contributed by atoms with Gasteiger partial charge in [0.15, 0.2) is 0 Å². The molecule has 1 saturated heterocycles. The third-order valence-corrected chi connectivity index (χ3v) is 8.93. The van der Waals surface area contributed by atoms with Crippen LogP contribution in [0.2, 0.25) is 0 Å². The lowest BCUT2D eigenvalue weighted by Crippen LogP contribution is -2.52. The van der Waals surface area contributed by atoms with E-state index in [-0.39, 0.29) is 36.3 Å². The quantitative estimate of drug-likeness (QED) is 0.131. The molecule has 2 aromatic rings. The molecule has 1 atom stereocenters. The Balaban J connectivity index is 1.04. The van der Waals surface area contributed by atoms with Crippen molar-refractivity contribution in [2.24, 2.45) is 0 Å². The molecule has 1 unspecified atom stereocenters. The molecule has 0 spiro atoms. The van der Waals surface area contributed by atoms with Crippen molar-refractivity contribution in [3.8, 4) is 0 Å². The first-order valence-electron chi connectivity index (χ1n) is 13.3. The largest absolute Gasteiger partial charge is 0.378 e. The highest BCUT2D eigenvalue weighted by molar-refractivity contribution is 7.99. The monoisotopic (exact) mass is 606 g/mol. The van der Waals surface area contributed by atoms with Crippen LogP contribution in [0.15, 0.2) is 52.3 Å². The fraction of sp³-hybridized carbons (Fsp3) is 0.464. The van der Waals surface area contributed by atoms with Gasteiger partial charge in [-0.15, -0.1) is 11.8 Å². The summed E-state index contributed by atoms with van der Waals surface area (Å²) in [6.07, 6.45) is 0.560. The number of rotatable bonds is 16. The van der Waals surface area contributed by atoms with E-state index in [0.29, 0.717) is 57.3 Å². The van der Waals surface area contributed by atoms with Gasteiger partial charge in [0.05, 0.1) is 51.1 Å². The second-order valence-corrected chi connectivity index (χ2v) is 12.2. The first-order valence-corrected chi connectivity index (χ1v) is 15.7. The lowest BCUT2D eigenvalue weighted by atomic mass is 10.0. The van der Waals surface area contributed by atoms with Gasteiger partial charge in [-0.05, 0) is 43.2 Å². The van der Waals surface area contributed by atoms with Gasteiger partial charge in [-0.2, -0.15) is 8.42 Å². The number of nitrogens with zero attached hydrogens (tertiary/aromatic N) is 1. The predicted octanol–water partition coefficient (Wildman–Crippen LogP) is 2.30.